The highest BCUT2D eigenvalue weighted by atomic mass is 35.5. The Hall–Kier alpha value is -1.40. The lowest BCUT2D eigenvalue weighted by atomic mass is 10.3. The number of nitrogens with two attached hydrogens (primary N) is 1. The van der Waals surface area contributed by atoms with Crippen LogP contribution in [0.3, 0.4) is 0 Å². The van der Waals surface area contributed by atoms with Crippen LogP contribution in [0.4, 0.5) is 11.6 Å². The minimum atomic E-state index is -0.309. The summed E-state index contributed by atoms with van der Waals surface area (Å²) in [5, 5.41) is 18.5. The van der Waals surface area contributed by atoms with Gasteiger partial charge in [-0.2, -0.15) is 0 Å². The standard InChI is InChI=1S/C7H10ClN5O/c1-3(9)4-6(10)13-7(11-2-14)5(8)12-4/h9,14H,2H2,1H3,(H3,10,11,13). The van der Waals surface area contributed by atoms with Gasteiger partial charge in [0.25, 0.3) is 0 Å². The molecule has 14 heavy (non-hydrogen) atoms. The van der Waals surface area contributed by atoms with E-state index >= 15 is 0 Å². The van der Waals surface area contributed by atoms with E-state index in [4.69, 9.17) is 27.9 Å². The smallest absolute Gasteiger partial charge is 0.172 e. The Morgan fingerprint density at radius 1 is 1.64 bits per heavy atom. The second-order valence-corrected chi connectivity index (χ2v) is 2.91. The number of aromatic nitrogens is 2. The number of hydrogen-bond donors (Lipinski definition) is 4. The number of halogens is 1. The molecule has 0 fully saturated rings. The van der Waals surface area contributed by atoms with Crippen molar-refractivity contribution in [3.63, 3.8) is 0 Å². The number of aliphatic hydroxyl groups is 1. The zero-order valence-corrected chi connectivity index (χ0v) is 8.26. The SMILES string of the molecule is CC(=N)c1nc(Cl)c(NCO)nc1N. The summed E-state index contributed by atoms with van der Waals surface area (Å²) >= 11 is 5.72. The van der Waals surface area contributed by atoms with Crippen molar-refractivity contribution in [1.82, 2.24) is 9.97 Å². The molecule has 76 valence electrons. The fourth-order valence-electron chi connectivity index (χ4n) is 0.891. The molecule has 0 unspecified atom stereocenters. The Morgan fingerprint density at radius 3 is 2.79 bits per heavy atom. The normalized spacial score (nSPS) is 9.93. The number of aliphatic hydroxyl groups excluding tert-OH is 1. The van der Waals surface area contributed by atoms with Crippen molar-refractivity contribution < 1.29 is 5.11 Å². The fourth-order valence-corrected chi connectivity index (χ4v) is 1.08. The highest BCUT2D eigenvalue weighted by Gasteiger charge is 2.10. The molecule has 0 aromatic carbocycles. The van der Waals surface area contributed by atoms with Gasteiger partial charge in [0, 0.05) is 0 Å². The largest absolute Gasteiger partial charge is 0.382 e. The number of nitrogens with one attached hydrogen (secondary N) is 2. The van der Waals surface area contributed by atoms with Crippen LogP contribution < -0.4 is 11.1 Å². The van der Waals surface area contributed by atoms with Gasteiger partial charge in [-0.3, -0.25) is 0 Å². The van der Waals surface area contributed by atoms with E-state index in [0.29, 0.717) is 0 Å². The fraction of sp³-hybridized carbons (Fsp3) is 0.286. The Morgan fingerprint density at radius 2 is 2.29 bits per heavy atom. The molecule has 0 aliphatic carbocycles. The van der Waals surface area contributed by atoms with E-state index in [9.17, 15) is 0 Å². The van der Waals surface area contributed by atoms with Crippen LogP contribution in [-0.4, -0.2) is 27.5 Å². The van der Waals surface area contributed by atoms with Crippen molar-refractivity contribution >= 4 is 28.9 Å². The minimum Gasteiger partial charge on any atom is -0.382 e. The van der Waals surface area contributed by atoms with Crippen LogP contribution in [0.15, 0.2) is 0 Å². The molecule has 0 atom stereocenters. The first-order chi connectivity index (χ1) is 6.56. The highest BCUT2D eigenvalue weighted by Crippen LogP contribution is 2.20. The molecule has 0 amide bonds. The molecule has 1 rings (SSSR count). The number of nitrogens with zero attached hydrogens (tertiary/aromatic N) is 2. The molecule has 0 bridgehead atoms. The van der Waals surface area contributed by atoms with Crippen LogP contribution >= 0.6 is 11.6 Å². The first-order valence-corrected chi connectivity index (χ1v) is 4.17. The second kappa shape index (κ2) is 4.21. The summed E-state index contributed by atoms with van der Waals surface area (Å²) in [6.07, 6.45) is 0. The summed E-state index contributed by atoms with van der Waals surface area (Å²) in [5.41, 5.74) is 5.96. The van der Waals surface area contributed by atoms with Gasteiger partial charge in [0.05, 0.1) is 5.71 Å². The molecule has 6 nitrogen and oxygen atoms in total. The van der Waals surface area contributed by atoms with E-state index in [2.05, 4.69) is 15.3 Å². The van der Waals surface area contributed by atoms with Gasteiger partial charge in [-0.25, -0.2) is 9.97 Å². The summed E-state index contributed by atoms with van der Waals surface area (Å²) in [7, 11) is 0. The van der Waals surface area contributed by atoms with Crippen molar-refractivity contribution in [2.45, 2.75) is 6.92 Å². The van der Waals surface area contributed by atoms with Crippen molar-refractivity contribution in [2.24, 2.45) is 0 Å². The van der Waals surface area contributed by atoms with Gasteiger partial charge >= 0.3 is 0 Å². The molecular weight excluding hydrogens is 206 g/mol. The molecule has 1 aromatic rings. The van der Waals surface area contributed by atoms with Crippen LogP contribution in [0.25, 0.3) is 0 Å². The van der Waals surface area contributed by atoms with Gasteiger partial charge in [-0.1, -0.05) is 11.6 Å². The molecule has 0 saturated carbocycles. The first kappa shape index (κ1) is 10.7. The van der Waals surface area contributed by atoms with E-state index in [-0.39, 0.29) is 34.9 Å². The van der Waals surface area contributed by atoms with Crippen molar-refractivity contribution in [3.8, 4) is 0 Å². The predicted octanol–water partition coefficient (Wildman–Crippen LogP) is 0.462. The maximum atomic E-state index is 8.59. The summed E-state index contributed by atoms with van der Waals surface area (Å²) in [6, 6.07) is 0. The van der Waals surface area contributed by atoms with E-state index in [1.165, 1.54) is 6.92 Å². The van der Waals surface area contributed by atoms with E-state index in [1.54, 1.807) is 0 Å². The molecule has 1 aromatic heterocycles. The lowest BCUT2D eigenvalue weighted by Crippen LogP contribution is -2.10. The average Bonchev–Trinajstić information content (AvgIpc) is 2.10. The Labute approximate surface area is 85.6 Å². The molecule has 5 N–H and O–H groups in total. The third-order valence-corrected chi connectivity index (χ3v) is 1.75. The molecule has 0 aliphatic heterocycles. The maximum Gasteiger partial charge on any atom is 0.172 e. The van der Waals surface area contributed by atoms with Crippen LogP contribution in [0, 0.1) is 5.41 Å². The lowest BCUT2D eigenvalue weighted by Gasteiger charge is -2.07. The Balaban J connectivity index is 3.17. The molecule has 7 heteroatoms. The second-order valence-electron chi connectivity index (χ2n) is 2.56. The predicted molar refractivity (Wildman–Crippen MR) is 54.7 cm³/mol. The summed E-state index contributed by atoms with van der Waals surface area (Å²) in [5.74, 6) is 0.314. The van der Waals surface area contributed by atoms with Crippen molar-refractivity contribution in [1.29, 1.82) is 5.41 Å². The van der Waals surface area contributed by atoms with E-state index in [1.807, 2.05) is 0 Å². The van der Waals surface area contributed by atoms with E-state index < -0.39 is 0 Å². The monoisotopic (exact) mass is 215 g/mol. The summed E-state index contributed by atoms with van der Waals surface area (Å²) in [4.78, 5) is 7.73. The quantitative estimate of drug-likeness (QED) is 0.433. The zero-order chi connectivity index (χ0) is 10.7. The highest BCUT2D eigenvalue weighted by molar-refractivity contribution is 6.32. The number of anilines is 2. The Kier molecular flexibility index (Phi) is 3.21. The first-order valence-electron chi connectivity index (χ1n) is 3.79. The third-order valence-electron chi connectivity index (χ3n) is 1.48. The van der Waals surface area contributed by atoms with Gasteiger partial charge in [0.2, 0.25) is 0 Å². The zero-order valence-electron chi connectivity index (χ0n) is 7.50. The van der Waals surface area contributed by atoms with Gasteiger partial charge in [-0.05, 0) is 6.92 Å². The van der Waals surface area contributed by atoms with Crippen LogP contribution in [0.5, 0.6) is 0 Å². The van der Waals surface area contributed by atoms with Gasteiger partial charge in [0.15, 0.2) is 16.8 Å². The topological polar surface area (TPSA) is 108 Å². The number of rotatable bonds is 3. The van der Waals surface area contributed by atoms with Gasteiger partial charge in [0.1, 0.15) is 12.4 Å². The molecular formula is C7H10ClN5O. The molecule has 0 aliphatic rings. The van der Waals surface area contributed by atoms with Gasteiger partial charge in [-0.15, -0.1) is 0 Å². The van der Waals surface area contributed by atoms with Crippen LogP contribution in [0.1, 0.15) is 12.6 Å². The third kappa shape index (κ3) is 2.09. The van der Waals surface area contributed by atoms with Crippen molar-refractivity contribution in [2.75, 3.05) is 17.8 Å². The molecule has 0 radical (unpaired) electrons. The molecule has 0 saturated heterocycles. The summed E-state index contributed by atoms with van der Waals surface area (Å²) < 4.78 is 0. The minimum absolute atomic E-state index is 0.0786. The Bertz CT molecular complexity index is 367. The van der Waals surface area contributed by atoms with Gasteiger partial charge < -0.3 is 21.6 Å². The number of nitrogen functional groups attached to an aromatic ring is 1. The van der Waals surface area contributed by atoms with Crippen molar-refractivity contribution in [3.05, 3.63) is 10.8 Å². The van der Waals surface area contributed by atoms with Crippen LogP contribution in [0.2, 0.25) is 5.15 Å². The van der Waals surface area contributed by atoms with E-state index in [0.717, 1.165) is 0 Å². The van der Waals surface area contributed by atoms with Crippen LogP contribution in [-0.2, 0) is 0 Å². The summed E-state index contributed by atoms with van der Waals surface area (Å²) in [6.45, 7) is 1.23. The lowest BCUT2D eigenvalue weighted by molar-refractivity contribution is 0.325. The maximum absolute atomic E-state index is 8.59. The molecule has 0 spiro atoms. The molecule has 1 heterocycles. The number of hydrogen-bond acceptors (Lipinski definition) is 6. The average molecular weight is 216 g/mol.